The Kier molecular flexibility index (Phi) is 5.77. The molecule has 0 heterocycles. The predicted molar refractivity (Wildman–Crippen MR) is 76.0 cm³/mol. The third-order valence-electron chi connectivity index (χ3n) is 2.58. The predicted octanol–water partition coefficient (Wildman–Crippen LogP) is 4.10. The summed E-state index contributed by atoms with van der Waals surface area (Å²) in [6.45, 7) is 3.93. The molecular weight excluding hydrogens is 325 g/mol. The Morgan fingerprint density at radius 2 is 2.06 bits per heavy atom. The fraction of sp³-hybridized carbons (Fsp3) is 0.417. The number of hydrogen-bond acceptors (Lipinski definition) is 1. The molecule has 0 aromatic heterocycles. The van der Waals surface area contributed by atoms with E-state index in [1.165, 1.54) is 0 Å². The maximum atomic E-state index is 11.9. The molecule has 0 fully saturated rings. The van der Waals surface area contributed by atoms with Crippen LogP contribution in [-0.2, 0) is 0 Å². The lowest BCUT2D eigenvalue weighted by Crippen LogP contribution is -2.37. The monoisotopic (exact) mass is 337 g/mol. The van der Waals surface area contributed by atoms with E-state index in [1.807, 2.05) is 13.8 Å². The molecule has 2 unspecified atom stereocenters. The lowest BCUT2D eigenvalue weighted by Gasteiger charge is -2.19. The lowest BCUT2D eigenvalue weighted by atomic mass is 10.1. The summed E-state index contributed by atoms with van der Waals surface area (Å²) in [6.07, 6.45) is 0. The van der Waals surface area contributed by atoms with Crippen LogP contribution < -0.4 is 5.32 Å². The minimum atomic E-state index is -0.141. The molecule has 0 saturated heterocycles. The van der Waals surface area contributed by atoms with Crippen molar-refractivity contribution >= 4 is 45.0 Å². The zero-order chi connectivity index (χ0) is 13.0. The van der Waals surface area contributed by atoms with Crippen molar-refractivity contribution in [3.8, 4) is 0 Å². The van der Waals surface area contributed by atoms with Gasteiger partial charge in [-0.1, -0.05) is 34.5 Å². The van der Waals surface area contributed by atoms with Gasteiger partial charge in [-0.2, -0.15) is 0 Å². The molecule has 1 rings (SSSR count). The number of carbonyl (C=O) groups excluding carboxylic acids is 1. The molecule has 2 atom stereocenters. The Balaban J connectivity index is 2.76. The summed E-state index contributed by atoms with van der Waals surface area (Å²) in [5.41, 5.74) is 0.540. The van der Waals surface area contributed by atoms with Gasteiger partial charge in [-0.05, 0) is 31.0 Å². The third-order valence-corrected chi connectivity index (χ3v) is 3.74. The van der Waals surface area contributed by atoms with E-state index in [0.717, 1.165) is 4.47 Å². The number of rotatable bonds is 4. The van der Waals surface area contributed by atoms with Gasteiger partial charge < -0.3 is 5.32 Å². The number of alkyl halides is 1. The van der Waals surface area contributed by atoms with E-state index < -0.39 is 0 Å². The second kappa shape index (κ2) is 6.62. The van der Waals surface area contributed by atoms with Crippen LogP contribution in [0.5, 0.6) is 0 Å². The fourth-order valence-electron chi connectivity index (χ4n) is 1.25. The van der Waals surface area contributed by atoms with Crippen molar-refractivity contribution in [1.29, 1.82) is 0 Å². The number of hydrogen-bond donors (Lipinski definition) is 1. The van der Waals surface area contributed by atoms with Crippen LogP contribution in [0.2, 0.25) is 5.02 Å². The Bertz CT molecular complexity index is 391. The zero-order valence-electron chi connectivity index (χ0n) is 9.64. The van der Waals surface area contributed by atoms with Crippen molar-refractivity contribution in [2.24, 2.45) is 5.92 Å². The summed E-state index contributed by atoms with van der Waals surface area (Å²) >= 11 is 14.9. The van der Waals surface area contributed by atoms with Crippen LogP contribution in [0.1, 0.15) is 24.2 Å². The summed E-state index contributed by atoms with van der Waals surface area (Å²) in [5, 5.41) is 3.43. The molecule has 0 radical (unpaired) electrons. The first-order chi connectivity index (χ1) is 7.93. The molecule has 94 valence electrons. The molecule has 0 aliphatic heterocycles. The van der Waals surface area contributed by atoms with Crippen molar-refractivity contribution in [3.05, 3.63) is 33.3 Å². The normalized spacial score (nSPS) is 14.2. The maximum Gasteiger partial charge on any atom is 0.251 e. The quantitative estimate of drug-likeness (QED) is 0.823. The number of amides is 1. The van der Waals surface area contributed by atoms with E-state index >= 15 is 0 Å². The minimum Gasteiger partial charge on any atom is -0.349 e. The van der Waals surface area contributed by atoms with Crippen LogP contribution in [0.25, 0.3) is 0 Å². The maximum absolute atomic E-state index is 11.9. The molecule has 17 heavy (non-hydrogen) atoms. The number of benzene rings is 1. The Morgan fingerprint density at radius 3 is 2.59 bits per heavy atom. The highest BCUT2D eigenvalue weighted by molar-refractivity contribution is 9.10. The molecule has 0 aliphatic rings. The summed E-state index contributed by atoms with van der Waals surface area (Å²) in [7, 11) is 0. The molecule has 1 aromatic rings. The third kappa shape index (κ3) is 4.49. The molecule has 0 spiro atoms. The van der Waals surface area contributed by atoms with Crippen LogP contribution >= 0.6 is 39.1 Å². The van der Waals surface area contributed by atoms with E-state index in [1.54, 1.807) is 18.2 Å². The smallest absolute Gasteiger partial charge is 0.251 e. The van der Waals surface area contributed by atoms with Crippen LogP contribution in [0.4, 0.5) is 0 Å². The SMILES string of the molecule is CC(CCl)C(C)NC(=O)c1cc(Cl)cc(Br)c1. The van der Waals surface area contributed by atoms with Gasteiger partial charge in [0, 0.05) is 27.0 Å². The van der Waals surface area contributed by atoms with E-state index in [-0.39, 0.29) is 17.9 Å². The van der Waals surface area contributed by atoms with Crippen molar-refractivity contribution < 1.29 is 4.79 Å². The van der Waals surface area contributed by atoms with Gasteiger partial charge in [-0.3, -0.25) is 4.79 Å². The number of nitrogens with one attached hydrogen (secondary N) is 1. The van der Waals surface area contributed by atoms with Gasteiger partial charge in [0.25, 0.3) is 5.91 Å². The second-order valence-corrected chi connectivity index (χ2v) is 5.71. The largest absolute Gasteiger partial charge is 0.349 e. The molecule has 0 saturated carbocycles. The van der Waals surface area contributed by atoms with Crippen LogP contribution in [-0.4, -0.2) is 17.8 Å². The van der Waals surface area contributed by atoms with Gasteiger partial charge >= 0.3 is 0 Å². The molecule has 1 aromatic carbocycles. The Morgan fingerprint density at radius 1 is 1.41 bits per heavy atom. The van der Waals surface area contributed by atoms with E-state index in [2.05, 4.69) is 21.2 Å². The van der Waals surface area contributed by atoms with Gasteiger partial charge in [0.1, 0.15) is 0 Å². The number of halogens is 3. The Hall–Kier alpha value is -0.250. The highest BCUT2D eigenvalue weighted by Gasteiger charge is 2.15. The van der Waals surface area contributed by atoms with Gasteiger partial charge in [0.2, 0.25) is 0 Å². The molecule has 5 heteroatoms. The summed E-state index contributed by atoms with van der Waals surface area (Å²) in [6, 6.07) is 5.14. The summed E-state index contributed by atoms with van der Waals surface area (Å²) in [5.74, 6) is 0.599. The van der Waals surface area contributed by atoms with Gasteiger partial charge in [-0.15, -0.1) is 11.6 Å². The van der Waals surface area contributed by atoms with Crippen LogP contribution in [0.15, 0.2) is 22.7 Å². The lowest BCUT2D eigenvalue weighted by molar-refractivity contribution is 0.0931. The van der Waals surface area contributed by atoms with Gasteiger partial charge in [0.15, 0.2) is 0 Å². The highest BCUT2D eigenvalue weighted by Crippen LogP contribution is 2.19. The van der Waals surface area contributed by atoms with Crippen molar-refractivity contribution in [2.45, 2.75) is 19.9 Å². The molecule has 2 nitrogen and oxygen atoms in total. The molecule has 0 bridgehead atoms. The van der Waals surface area contributed by atoms with Gasteiger partial charge in [0.05, 0.1) is 0 Å². The molecule has 1 N–H and O–H groups in total. The molecule has 0 aliphatic carbocycles. The number of carbonyl (C=O) groups is 1. The van der Waals surface area contributed by atoms with Crippen molar-refractivity contribution in [2.75, 3.05) is 5.88 Å². The van der Waals surface area contributed by atoms with E-state index in [4.69, 9.17) is 23.2 Å². The summed E-state index contributed by atoms with van der Waals surface area (Å²) < 4.78 is 0.785. The Labute approximate surface area is 120 Å². The first-order valence-electron chi connectivity index (χ1n) is 5.27. The summed E-state index contributed by atoms with van der Waals surface area (Å²) in [4.78, 5) is 11.9. The zero-order valence-corrected chi connectivity index (χ0v) is 12.7. The van der Waals surface area contributed by atoms with Crippen molar-refractivity contribution in [3.63, 3.8) is 0 Å². The fourth-order valence-corrected chi connectivity index (χ4v) is 2.38. The highest BCUT2D eigenvalue weighted by atomic mass is 79.9. The van der Waals surface area contributed by atoms with Crippen molar-refractivity contribution in [1.82, 2.24) is 5.32 Å². The van der Waals surface area contributed by atoms with Gasteiger partial charge in [-0.25, -0.2) is 0 Å². The molecule has 1 amide bonds. The second-order valence-electron chi connectivity index (χ2n) is 4.05. The van der Waals surface area contributed by atoms with E-state index in [9.17, 15) is 4.79 Å². The average Bonchev–Trinajstić information content (AvgIpc) is 2.26. The van der Waals surface area contributed by atoms with E-state index in [0.29, 0.717) is 16.5 Å². The molecular formula is C12H14BrCl2NO. The minimum absolute atomic E-state index is 0.0257. The standard InChI is InChI=1S/C12H14BrCl2NO/c1-7(6-14)8(2)16-12(17)9-3-10(13)5-11(15)4-9/h3-5,7-8H,6H2,1-2H3,(H,16,17). The first kappa shape index (κ1) is 14.8. The topological polar surface area (TPSA) is 29.1 Å². The van der Waals surface area contributed by atoms with Crippen LogP contribution in [0, 0.1) is 5.92 Å². The first-order valence-corrected chi connectivity index (χ1v) is 6.97. The van der Waals surface area contributed by atoms with Crippen LogP contribution in [0.3, 0.4) is 0 Å². The average molecular weight is 339 g/mol.